The Balaban J connectivity index is 2.60. The molecule has 5 nitrogen and oxygen atoms in total. The van der Waals surface area contributed by atoms with Gasteiger partial charge in [0.2, 0.25) is 0 Å². The Morgan fingerprint density at radius 1 is 1.56 bits per heavy atom. The first-order valence-corrected chi connectivity index (χ1v) is 6.71. The molecule has 0 radical (unpaired) electrons. The van der Waals surface area contributed by atoms with Gasteiger partial charge in [-0.3, -0.25) is 4.79 Å². The summed E-state index contributed by atoms with van der Waals surface area (Å²) in [6.07, 6.45) is 1.29. The van der Waals surface area contributed by atoms with Crippen LogP contribution in [0.4, 0.5) is 0 Å². The summed E-state index contributed by atoms with van der Waals surface area (Å²) in [5, 5.41) is 9.39. The van der Waals surface area contributed by atoms with Crippen molar-refractivity contribution in [3.05, 3.63) is 26.6 Å². The summed E-state index contributed by atoms with van der Waals surface area (Å²) in [5.41, 5.74) is 0.186. The van der Waals surface area contributed by atoms with Crippen molar-refractivity contribution in [2.45, 2.75) is 19.8 Å². The van der Waals surface area contributed by atoms with E-state index in [-0.39, 0.29) is 10.4 Å². The lowest BCUT2D eigenvalue weighted by molar-refractivity contribution is 0.0701. The summed E-state index contributed by atoms with van der Waals surface area (Å²) < 4.78 is 0. The zero-order valence-corrected chi connectivity index (χ0v) is 11.2. The van der Waals surface area contributed by atoms with Crippen molar-refractivity contribution in [2.24, 2.45) is 0 Å². The van der Waals surface area contributed by atoms with Crippen LogP contribution in [-0.4, -0.2) is 26.9 Å². The van der Waals surface area contributed by atoms with E-state index >= 15 is 0 Å². The largest absolute Gasteiger partial charge is 0.477 e. The first-order chi connectivity index (χ1) is 8.54. The Bertz CT molecular complexity index is 662. The van der Waals surface area contributed by atoms with E-state index in [9.17, 15) is 9.59 Å². The number of hydrogen-bond acceptors (Lipinski definition) is 4. The minimum absolute atomic E-state index is 0.164. The van der Waals surface area contributed by atoms with Crippen molar-refractivity contribution < 1.29 is 9.90 Å². The number of carbonyl (C=O) groups is 1. The van der Waals surface area contributed by atoms with Crippen molar-refractivity contribution in [2.75, 3.05) is 5.88 Å². The highest BCUT2D eigenvalue weighted by Crippen LogP contribution is 2.26. The fourth-order valence-electron chi connectivity index (χ4n) is 1.75. The fraction of sp³-hybridized carbons (Fsp3) is 0.364. The van der Waals surface area contributed by atoms with Gasteiger partial charge in [-0.1, -0.05) is 0 Å². The van der Waals surface area contributed by atoms with Crippen LogP contribution < -0.4 is 5.56 Å². The second-order valence-electron chi connectivity index (χ2n) is 3.85. The number of nitrogens with zero attached hydrogens (tertiary/aromatic N) is 1. The number of carboxylic acids is 1. The number of thiophene rings is 1. The molecular formula is C11H11ClN2O3S. The van der Waals surface area contributed by atoms with Gasteiger partial charge in [-0.25, -0.2) is 9.78 Å². The number of fused-ring (bicyclic) bond motifs is 1. The lowest BCUT2D eigenvalue weighted by Crippen LogP contribution is -2.11. The topological polar surface area (TPSA) is 83.0 Å². The van der Waals surface area contributed by atoms with Gasteiger partial charge in [-0.15, -0.1) is 22.9 Å². The summed E-state index contributed by atoms with van der Waals surface area (Å²) >= 11 is 6.62. The number of aromatic nitrogens is 2. The zero-order valence-electron chi connectivity index (χ0n) is 9.62. The van der Waals surface area contributed by atoms with Gasteiger partial charge >= 0.3 is 5.97 Å². The van der Waals surface area contributed by atoms with Crippen LogP contribution in [0.2, 0.25) is 0 Å². The molecule has 0 aliphatic rings. The van der Waals surface area contributed by atoms with E-state index in [2.05, 4.69) is 9.97 Å². The molecule has 2 aromatic rings. The Kier molecular flexibility index (Phi) is 3.68. The average Bonchev–Trinajstić information content (AvgIpc) is 2.64. The van der Waals surface area contributed by atoms with Crippen LogP contribution in [0, 0.1) is 6.92 Å². The molecule has 0 saturated heterocycles. The maximum absolute atomic E-state index is 11.9. The predicted molar refractivity (Wildman–Crippen MR) is 71.0 cm³/mol. The molecule has 0 saturated carbocycles. The van der Waals surface area contributed by atoms with E-state index in [1.807, 2.05) is 0 Å². The normalized spacial score (nSPS) is 11.0. The molecule has 2 heterocycles. The molecule has 0 aliphatic heterocycles. The van der Waals surface area contributed by atoms with Crippen LogP contribution in [0.3, 0.4) is 0 Å². The molecule has 0 unspecified atom stereocenters. The third-order valence-electron chi connectivity index (χ3n) is 2.59. The summed E-state index contributed by atoms with van der Waals surface area (Å²) in [7, 11) is 0. The summed E-state index contributed by atoms with van der Waals surface area (Å²) in [5.74, 6) is 0.00883. The number of carboxylic acid groups (broad SMARTS) is 1. The molecule has 2 N–H and O–H groups in total. The first kappa shape index (κ1) is 13.0. The van der Waals surface area contributed by atoms with Crippen molar-refractivity contribution in [1.82, 2.24) is 9.97 Å². The van der Waals surface area contributed by atoms with Gasteiger partial charge in [0.15, 0.2) is 0 Å². The van der Waals surface area contributed by atoms with Crippen molar-refractivity contribution in [3.63, 3.8) is 0 Å². The van der Waals surface area contributed by atoms with Gasteiger partial charge in [0.05, 0.1) is 5.39 Å². The average molecular weight is 287 g/mol. The molecule has 0 bridgehead atoms. The standard InChI is InChI=1S/C11H11ClN2O3S/c1-5-7-9(15)13-6(3-2-4-12)14-10(7)18-8(5)11(16)17/h2-4H2,1H3,(H,16,17)(H,13,14,15). The number of aromatic amines is 1. The number of alkyl halides is 1. The number of aryl methyl sites for hydroxylation is 2. The number of hydrogen-bond donors (Lipinski definition) is 2. The molecule has 0 fully saturated rings. The molecule has 0 atom stereocenters. The highest BCUT2D eigenvalue weighted by Gasteiger charge is 2.18. The second kappa shape index (κ2) is 5.07. The molecule has 0 aromatic carbocycles. The van der Waals surface area contributed by atoms with Gasteiger partial charge in [0.25, 0.3) is 5.56 Å². The molecule has 7 heteroatoms. The molecule has 18 heavy (non-hydrogen) atoms. The number of nitrogens with one attached hydrogen (secondary N) is 1. The third kappa shape index (κ3) is 2.26. The minimum Gasteiger partial charge on any atom is -0.477 e. The quantitative estimate of drug-likeness (QED) is 0.844. The Labute approximate surface area is 111 Å². The van der Waals surface area contributed by atoms with Crippen molar-refractivity contribution in [3.8, 4) is 0 Å². The Hall–Kier alpha value is -1.40. The molecule has 0 spiro atoms. The van der Waals surface area contributed by atoms with Gasteiger partial charge in [0.1, 0.15) is 15.5 Å². The molecule has 0 amide bonds. The maximum atomic E-state index is 11.9. The smallest absolute Gasteiger partial charge is 0.346 e. The van der Waals surface area contributed by atoms with Crippen LogP contribution >= 0.6 is 22.9 Å². The number of rotatable bonds is 4. The zero-order chi connectivity index (χ0) is 13.3. The van der Waals surface area contributed by atoms with Gasteiger partial charge < -0.3 is 10.1 Å². The van der Waals surface area contributed by atoms with E-state index in [0.717, 1.165) is 11.3 Å². The van der Waals surface area contributed by atoms with Crippen LogP contribution in [0.25, 0.3) is 10.2 Å². The van der Waals surface area contributed by atoms with E-state index in [1.165, 1.54) is 0 Å². The maximum Gasteiger partial charge on any atom is 0.346 e. The van der Waals surface area contributed by atoms with Crippen LogP contribution in [0.15, 0.2) is 4.79 Å². The predicted octanol–water partition coefficient (Wildman–Crippen LogP) is 2.16. The van der Waals surface area contributed by atoms with Crippen molar-refractivity contribution >= 4 is 39.1 Å². The molecular weight excluding hydrogens is 276 g/mol. The Morgan fingerprint density at radius 3 is 2.89 bits per heavy atom. The van der Waals surface area contributed by atoms with E-state index in [0.29, 0.717) is 40.3 Å². The van der Waals surface area contributed by atoms with Crippen LogP contribution in [0.1, 0.15) is 27.5 Å². The number of H-pyrrole nitrogens is 1. The fourth-order valence-corrected chi connectivity index (χ4v) is 2.92. The summed E-state index contributed by atoms with van der Waals surface area (Å²) in [6.45, 7) is 1.62. The SMILES string of the molecule is Cc1c(C(=O)O)sc2nc(CCCCl)[nH]c(=O)c12. The first-order valence-electron chi connectivity index (χ1n) is 5.36. The minimum atomic E-state index is -1.03. The number of halogens is 1. The molecule has 0 aliphatic carbocycles. The lowest BCUT2D eigenvalue weighted by Gasteiger charge is -1.98. The molecule has 96 valence electrons. The Morgan fingerprint density at radius 2 is 2.28 bits per heavy atom. The highest BCUT2D eigenvalue weighted by atomic mass is 35.5. The number of aromatic carboxylic acids is 1. The third-order valence-corrected chi connectivity index (χ3v) is 4.03. The molecule has 2 aromatic heterocycles. The summed E-state index contributed by atoms with van der Waals surface area (Å²) in [6, 6.07) is 0. The van der Waals surface area contributed by atoms with E-state index < -0.39 is 5.97 Å². The van der Waals surface area contributed by atoms with Gasteiger partial charge in [0, 0.05) is 12.3 Å². The van der Waals surface area contributed by atoms with Crippen LogP contribution in [-0.2, 0) is 6.42 Å². The van der Waals surface area contributed by atoms with E-state index in [4.69, 9.17) is 16.7 Å². The monoisotopic (exact) mass is 286 g/mol. The van der Waals surface area contributed by atoms with E-state index in [1.54, 1.807) is 6.92 Å². The van der Waals surface area contributed by atoms with Crippen molar-refractivity contribution in [1.29, 1.82) is 0 Å². The highest BCUT2D eigenvalue weighted by molar-refractivity contribution is 7.20. The van der Waals surface area contributed by atoms with Gasteiger partial charge in [-0.05, 0) is 18.9 Å². The van der Waals surface area contributed by atoms with Crippen LogP contribution in [0.5, 0.6) is 0 Å². The summed E-state index contributed by atoms with van der Waals surface area (Å²) in [4.78, 5) is 30.5. The molecule has 2 rings (SSSR count). The lowest BCUT2D eigenvalue weighted by atomic mass is 10.2. The second-order valence-corrected chi connectivity index (χ2v) is 5.22. The van der Waals surface area contributed by atoms with Gasteiger partial charge in [-0.2, -0.15) is 0 Å².